The van der Waals surface area contributed by atoms with E-state index in [9.17, 15) is 9.59 Å². The molecule has 0 saturated carbocycles. The molecule has 2 N–H and O–H groups in total. The summed E-state index contributed by atoms with van der Waals surface area (Å²) >= 11 is 0. The normalized spacial score (nSPS) is 13.4. The summed E-state index contributed by atoms with van der Waals surface area (Å²) in [6.45, 7) is 3.11. The molecule has 0 radical (unpaired) electrons. The Morgan fingerprint density at radius 3 is 2.27 bits per heavy atom. The molecule has 164 valence electrons. The molecule has 0 spiro atoms. The van der Waals surface area contributed by atoms with E-state index < -0.39 is 0 Å². The molecule has 8 nitrogen and oxygen atoms in total. The summed E-state index contributed by atoms with van der Waals surface area (Å²) in [5, 5.41) is 9.81. The number of methoxy groups -OCH3 is 1. The molecular formula is C22H30N2O6. The molecule has 1 aromatic heterocycles. The van der Waals surface area contributed by atoms with Crippen LogP contribution in [0.2, 0.25) is 0 Å². The van der Waals surface area contributed by atoms with E-state index in [1.807, 2.05) is 24.3 Å². The Kier molecular flexibility index (Phi) is 13.5. The standard InChI is InChI=1S/C17H18N2O3.C4H8O2.CH4O/c1-22-17(21)14-7-4-13(5-8-14)6-9-16(19-12-20)15-3-2-10-18-11-15;1-2-6-4-3-5-1;1-2/h2-5,7-8,10-12,16H,6,9H2,1H3,(H,19,20);1-4H2;2H,1H3. The van der Waals surface area contributed by atoms with Crippen LogP contribution < -0.4 is 5.32 Å². The Labute approximate surface area is 177 Å². The Morgan fingerprint density at radius 1 is 1.17 bits per heavy atom. The number of ether oxygens (including phenoxy) is 3. The third-order valence-corrected chi connectivity index (χ3v) is 4.20. The third kappa shape index (κ3) is 9.60. The molecule has 8 heteroatoms. The highest BCUT2D eigenvalue weighted by Gasteiger charge is 2.11. The van der Waals surface area contributed by atoms with Gasteiger partial charge in [0.1, 0.15) is 0 Å². The van der Waals surface area contributed by atoms with E-state index in [1.165, 1.54) is 7.11 Å². The first kappa shape index (κ1) is 25.2. The number of aliphatic hydroxyl groups excluding tert-OH is 1. The lowest BCUT2D eigenvalue weighted by Crippen LogP contribution is -2.20. The molecule has 30 heavy (non-hydrogen) atoms. The molecule has 1 saturated heterocycles. The molecule has 1 amide bonds. The summed E-state index contributed by atoms with van der Waals surface area (Å²) in [7, 11) is 2.36. The van der Waals surface area contributed by atoms with Crippen molar-refractivity contribution in [3.05, 3.63) is 65.5 Å². The molecular weight excluding hydrogens is 388 g/mol. The summed E-state index contributed by atoms with van der Waals surface area (Å²) < 4.78 is 14.6. The molecule has 1 fully saturated rings. The Hall–Kier alpha value is -2.81. The summed E-state index contributed by atoms with van der Waals surface area (Å²) in [6.07, 6.45) is 5.69. The number of hydrogen-bond donors (Lipinski definition) is 2. The minimum atomic E-state index is -0.345. The fourth-order valence-electron chi connectivity index (χ4n) is 2.69. The van der Waals surface area contributed by atoms with Gasteiger partial charge in [-0.1, -0.05) is 18.2 Å². The van der Waals surface area contributed by atoms with Gasteiger partial charge >= 0.3 is 5.97 Å². The number of benzene rings is 1. The van der Waals surface area contributed by atoms with E-state index in [0.717, 1.165) is 57.5 Å². The van der Waals surface area contributed by atoms with Gasteiger partial charge < -0.3 is 24.6 Å². The highest BCUT2D eigenvalue weighted by molar-refractivity contribution is 5.89. The number of esters is 1. The van der Waals surface area contributed by atoms with Crippen LogP contribution in [0.25, 0.3) is 0 Å². The summed E-state index contributed by atoms with van der Waals surface area (Å²) in [4.78, 5) is 26.2. The van der Waals surface area contributed by atoms with Crippen LogP contribution in [0.15, 0.2) is 48.8 Å². The maximum absolute atomic E-state index is 11.4. The van der Waals surface area contributed by atoms with Gasteiger partial charge in [0, 0.05) is 19.5 Å². The number of carbonyl (C=O) groups is 2. The Morgan fingerprint density at radius 2 is 1.80 bits per heavy atom. The van der Waals surface area contributed by atoms with E-state index in [2.05, 4.69) is 15.0 Å². The number of pyridine rings is 1. The molecule has 1 aliphatic rings. The zero-order valence-electron chi connectivity index (χ0n) is 17.5. The predicted molar refractivity (Wildman–Crippen MR) is 112 cm³/mol. The van der Waals surface area contributed by atoms with Crippen LogP contribution in [-0.2, 0) is 25.4 Å². The van der Waals surface area contributed by atoms with Gasteiger partial charge in [0.25, 0.3) is 0 Å². The van der Waals surface area contributed by atoms with Crippen LogP contribution in [0.3, 0.4) is 0 Å². The van der Waals surface area contributed by atoms with Gasteiger partial charge in [-0.25, -0.2) is 4.79 Å². The molecule has 1 atom stereocenters. The summed E-state index contributed by atoms with van der Waals surface area (Å²) in [5.74, 6) is -0.345. The number of carbonyl (C=O) groups excluding carboxylic acids is 2. The lowest BCUT2D eigenvalue weighted by atomic mass is 10.00. The highest BCUT2D eigenvalue weighted by Crippen LogP contribution is 2.18. The van der Waals surface area contributed by atoms with Crippen LogP contribution in [-0.4, -0.2) is 63.1 Å². The zero-order valence-corrected chi connectivity index (χ0v) is 17.5. The lowest BCUT2D eigenvalue weighted by Gasteiger charge is -2.16. The number of hydrogen-bond acceptors (Lipinski definition) is 7. The fraction of sp³-hybridized carbons (Fsp3) is 0.409. The SMILES string of the molecule is C1COCCO1.CO.COC(=O)c1ccc(CCC(NC=O)c2cccnc2)cc1. The van der Waals surface area contributed by atoms with Crippen molar-refractivity contribution in [2.45, 2.75) is 18.9 Å². The van der Waals surface area contributed by atoms with Crippen molar-refractivity contribution >= 4 is 12.4 Å². The largest absolute Gasteiger partial charge is 0.465 e. The van der Waals surface area contributed by atoms with Crippen molar-refractivity contribution < 1.29 is 28.9 Å². The minimum Gasteiger partial charge on any atom is -0.465 e. The molecule has 3 rings (SSSR count). The van der Waals surface area contributed by atoms with Crippen LogP contribution in [0.4, 0.5) is 0 Å². The van der Waals surface area contributed by atoms with Gasteiger partial charge in [-0.15, -0.1) is 0 Å². The molecule has 0 aliphatic carbocycles. The van der Waals surface area contributed by atoms with Crippen molar-refractivity contribution in [3.63, 3.8) is 0 Å². The maximum atomic E-state index is 11.4. The number of nitrogens with one attached hydrogen (secondary N) is 1. The number of aryl methyl sites for hydroxylation is 1. The molecule has 2 heterocycles. The van der Waals surface area contributed by atoms with E-state index in [4.69, 9.17) is 14.6 Å². The number of aromatic nitrogens is 1. The van der Waals surface area contributed by atoms with Crippen LogP contribution >= 0.6 is 0 Å². The second-order valence-corrected chi connectivity index (χ2v) is 6.08. The zero-order chi connectivity index (χ0) is 22.0. The van der Waals surface area contributed by atoms with Crippen molar-refractivity contribution in [2.24, 2.45) is 0 Å². The Balaban J connectivity index is 0.000000474. The number of amides is 1. The monoisotopic (exact) mass is 418 g/mol. The second kappa shape index (κ2) is 16.0. The van der Waals surface area contributed by atoms with Crippen molar-refractivity contribution in [1.29, 1.82) is 0 Å². The first-order valence-electron chi connectivity index (χ1n) is 9.61. The summed E-state index contributed by atoms with van der Waals surface area (Å²) in [6, 6.07) is 11.0. The first-order valence-corrected chi connectivity index (χ1v) is 9.61. The van der Waals surface area contributed by atoms with Crippen LogP contribution in [0, 0.1) is 0 Å². The molecule has 0 bridgehead atoms. The average molecular weight is 418 g/mol. The number of aliphatic hydroxyl groups is 1. The minimum absolute atomic E-state index is 0.0773. The van der Waals surface area contributed by atoms with Gasteiger partial charge in [0.05, 0.1) is 45.1 Å². The van der Waals surface area contributed by atoms with Gasteiger partial charge in [-0.3, -0.25) is 9.78 Å². The summed E-state index contributed by atoms with van der Waals surface area (Å²) in [5.41, 5.74) is 2.59. The van der Waals surface area contributed by atoms with E-state index in [1.54, 1.807) is 24.5 Å². The van der Waals surface area contributed by atoms with Crippen LogP contribution in [0.1, 0.15) is 33.9 Å². The molecule has 1 unspecified atom stereocenters. The van der Waals surface area contributed by atoms with Gasteiger partial charge in [-0.05, 0) is 42.2 Å². The second-order valence-electron chi connectivity index (χ2n) is 6.08. The van der Waals surface area contributed by atoms with E-state index in [0.29, 0.717) is 12.0 Å². The maximum Gasteiger partial charge on any atom is 0.337 e. The van der Waals surface area contributed by atoms with E-state index >= 15 is 0 Å². The third-order valence-electron chi connectivity index (χ3n) is 4.20. The van der Waals surface area contributed by atoms with Crippen LogP contribution in [0.5, 0.6) is 0 Å². The van der Waals surface area contributed by atoms with E-state index in [-0.39, 0.29) is 12.0 Å². The van der Waals surface area contributed by atoms with Gasteiger partial charge in [-0.2, -0.15) is 0 Å². The quantitative estimate of drug-likeness (QED) is 0.523. The average Bonchev–Trinajstić information content (AvgIpc) is 2.85. The first-order chi connectivity index (χ1) is 14.7. The molecule has 1 aliphatic heterocycles. The van der Waals surface area contributed by atoms with Gasteiger partial charge in [0.15, 0.2) is 0 Å². The number of rotatable bonds is 7. The fourth-order valence-corrected chi connectivity index (χ4v) is 2.69. The Bertz CT molecular complexity index is 694. The van der Waals surface area contributed by atoms with Gasteiger partial charge in [0.2, 0.25) is 6.41 Å². The lowest BCUT2D eigenvalue weighted by molar-refractivity contribution is -0.110. The van der Waals surface area contributed by atoms with Crippen molar-refractivity contribution in [2.75, 3.05) is 40.6 Å². The molecule has 1 aromatic carbocycles. The smallest absolute Gasteiger partial charge is 0.337 e. The topological polar surface area (TPSA) is 107 Å². The van der Waals surface area contributed by atoms with Crippen molar-refractivity contribution in [1.82, 2.24) is 10.3 Å². The van der Waals surface area contributed by atoms with Crippen molar-refractivity contribution in [3.8, 4) is 0 Å². The predicted octanol–water partition coefficient (Wildman–Crippen LogP) is 1.93. The highest BCUT2D eigenvalue weighted by atomic mass is 16.6. The number of nitrogens with zero attached hydrogens (tertiary/aromatic N) is 1. The molecule has 2 aromatic rings.